The minimum atomic E-state index is 0.723. The van der Waals surface area contributed by atoms with E-state index in [9.17, 15) is 0 Å². The van der Waals surface area contributed by atoms with E-state index in [-0.39, 0.29) is 0 Å². The van der Waals surface area contributed by atoms with Crippen LogP contribution >= 0.6 is 17.2 Å². The maximum atomic E-state index is 4.49. The third-order valence-electron chi connectivity index (χ3n) is 1.68. The summed E-state index contributed by atoms with van der Waals surface area (Å²) < 4.78 is 0. The average Bonchev–Trinajstić information content (AvgIpc) is 2.06. The summed E-state index contributed by atoms with van der Waals surface area (Å²) in [6.07, 6.45) is 1.92. The number of hydrogen-bond donors (Lipinski definition) is 0. The molecule has 0 saturated carbocycles. The molecular weight excluding hydrogens is 208 g/mol. The number of pyridine rings is 1. The molecule has 0 N–H and O–H groups in total. The molecule has 0 aliphatic rings. The molecule has 1 heterocycles. The smallest absolute Gasteiger partial charge is 0.0676 e. The quantitative estimate of drug-likeness (QED) is 0.720. The van der Waals surface area contributed by atoms with Crippen LogP contribution in [0.5, 0.6) is 0 Å². The summed E-state index contributed by atoms with van der Waals surface area (Å²) in [5, 5.41) is 1.47. The highest BCUT2D eigenvalue weighted by Gasteiger charge is 2.06. The molecule has 0 saturated heterocycles. The Kier molecular flexibility index (Phi) is 4.99. The highest BCUT2D eigenvalue weighted by Crippen LogP contribution is 2.21. The van der Waals surface area contributed by atoms with E-state index >= 15 is 0 Å². The molecule has 78 valence electrons. The molecule has 0 aliphatic heterocycles. The zero-order valence-electron chi connectivity index (χ0n) is 9.33. The van der Waals surface area contributed by atoms with Gasteiger partial charge in [0.05, 0.1) is 5.44 Å². The lowest BCUT2D eigenvalue weighted by molar-refractivity contribution is 1.11. The van der Waals surface area contributed by atoms with Crippen molar-refractivity contribution in [1.82, 2.24) is 4.98 Å². The highest BCUT2D eigenvalue weighted by atomic mass is 31.1. The van der Waals surface area contributed by atoms with Crippen LogP contribution in [0.4, 0.5) is 0 Å². The normalized spacial score (nSPS) is 13.0. The van der Waals surface area contributed by atoms with Crippen molar-refractivity contribution in [1.29, 1.82) is 0 Å². The van der Waals surface area contributed by atoms with Crippen LogP contribution in [0, 0.1) is 0 Å². The van der Waals surface area contributed by atoms with E-state index in [0.29, 0.717) is 0 Å². The van der Waals surface area contributed by atoms with Gasteiger partial charge in [0, 0.05) is 6.20 Å². The van der Waals surface area contributed by atoms with E-state index in [2.05, 4.69) is 44.8 Å². The molecule has 3 heteroatoms. The van der Waals surface area contributed by atoms with E-state index < -0.39 is 0 Å². The Morgan fingerprint density at radius 3 is 2.29 bits per heavy atom. The Bertz CT molecular complexity index is 255. The van der Waals surface area contributed by atoms with Gasteiger partial charge in [0.15, 0.2) is 0 Å². The minimum Gasteiger partial charge on any atom is -0.256 e. The van der Waals surface area contributed by atoms with Gasteiger partial charge in [0.2, 0.25) is 0 Å². The zero-order valence-corrected chi connectivity index (χ0v) is 11.3. The number of hydrogen-bond acceptors (Lipinski definition) is 1. The molecule has 0 fully saturated rings. The van der Waals surface area contributed by atoms with Gasteiger partial charge >= 0.3 is 0 Å². The molecular formula is C11H19NP2. The second-order valence-corrected chi connectivity index (χ2v) is 7.90. The summed E-state index contributed by atoms with van der Waals surface area (Å²) in [6.45, 7) is 9.06. The fraction of sp³-hybridized carbons (Fsp3) is 0.545. The van der Waals surface area contributed by atoms with Crippen molar-refractivity contribution in [2.45, 2.75) is 39.0 Å². The van der Waals surface area contributed by atoms with Crippen LogP contribution in [-0.4, -0.2) is 16.3 Å². The maximum absolute atomic E-state index is 4.49. The topological polar surface area (TPSA) is 12.9 Å². The monoisotopic (exact) mass is 227 g/mol. The molecule has 0 spiro atoms. The molecule has 2 unspecified atom stereocenters. The SMILES string of the molecule is CC(C)Pc1cccnc1PC(C)C. The summed E-state index contributed by atoms with van der Waals surface area (Å²) in [4.78, 5) is 4.49. The van der Waals surface area contributed by atoms with E-state index in [4.69, 9.17) is 0 Å². The first-order chi connectivity index (χ1) is 6.59. The summed E-state index contributed by atoms with van der Waals surface area (Å²) in [5.74, 6) is 0. The van der Waals surface area contributed by atoms with E-state index in [0.717, 1.165) is 28.5 Å². The van der Waals surface area contributed by atoms with Gasteiger partial charge in [-0.05, 0) is 22.7 Å². The first-order valence-electron chi connectivity index (χ1n) is 5.07. The Morgan fingerprint density at radius 1 is 1.07 bits per heavy atom. The van der Waals surface area contributed by atoms with E-state index in [1.54, 1.807) is 0 Å². The largest absolute Gasteiger partial charge is 0.256 e. The van der Waals surface area contributed by atoms with Crippen molar-refractivity contribution in [3.63, 3.8) is 0 Å². The van der Waals surface area contributed by atoms with Crippen LogP contribution in [0.15, 0.2) is 18.3 Å². The molecule has 14 heavy (non-hydrogen) atoms. The Hall–Kier alpha value is 0.01000. The van der Waals surface area contributed by atoms with Crippen LogP contribution < -0.4 is 10.7 Å². The lowest BCUT2D eigenvalue weighted by Crippen LogP contribution is -2.21. The first-order valence-corrected chi connectivity index (χ1v) is 7.23. The minimum absolute atomic E-state index is 0.723. The number of nitrogens with zero attached hydrogens (tertiary/aromatic N) is 1. The molecule has 1 aromatic rings. The van der Waals surface area contributed by atoms with Crippen molar-refractivity contribution in [3.8, 4) is 0 Å². The second kappa shape index (κ2) is 5.79. The Balaban J connectivity index is 2.80. The Morgan fingerprint density at radius 2 is 1.71 bits per heavy atom. The number of rotatable bonds is 4. The lowest BCUT2D eigenvalue weighted by Gasteiger charge is -2.12. The fourth-order valence-electron chi connectivity index (χ4n) is 1.22. The van der Waals surface area contributed by atoms with Gasteiger partial charge in [-0.2, -0.15) is 0 Å². The third kappa shape index (κ3) is 4.03. The third-order valence-corrected chi connectivity index (χ3v) is 4.47. The lowest BCUT2D eigenvalue weighted by atomic mass is 10.5. The second-order valence-electron chi connectivity index (χ2n) is 4.00. The standard InChI is InChI=1S/C11H19NP2/c1-8(2)13-10-6-5-7-12-11(10)14-9(3)4/h5-9,13-14H,1-4H3. The molecule has 1 nitrogen and oxygen atoms in total. The summed E-state index contributed by atoms with van der Waals surface area (Å²) in [7, 11) is 1.76. The zero-order chi connectivity index (χ0) is 10.6. The van der Waals surface area contributed by atoms with Crippen LogP contribution in [0.3, 0.4) is 0 Å². The number of aromatic nitrogens is 1. The van der Waals surface area contributed by atoms with Crippen molar-refractivity contribution in [2.75, 3.05) is 0 Å². The van der Waals surface area contributed by atoms with Gasteiger partial charge in [-0.15, -0.1) is 0 Å². The van der Waals surface area contributed by atoms with Crippen molar-refractivity contribution < 1.29 is 0 Å². The van der Waals surface area contributed by atoms with Gasteiger partial charge in [-0.1, -0.05) is 50.9 Å². The average molecular weight is 227 g/mol. The Labute approximate surface area is 90.7 Å². The fourth-order valence-corrected chi connectivity index (χ4v) is 3.60. The van der Waals surface area contributed by atoms with Crippen LogP contribution in [0.2, 0.25) is 0 Å². The predicted octanol–water partition coefficient (Wildman–Crippen LogP) is 2.51. The van der Waals surface area contributed by atoms with Gasteiger partial charge < -0.3 is 0 Å². The molecule has 1 rings (SSSR count). The van der Waals surface area contributed by atoms with Gasteiger partial charge in [0.1, 0.15) is 0 Å². The molecule has 2 atom stereocenters. The first kappa shape index (κ1) is 12.1. The molecule has 0 aliphatic carbocycles. The van der Waals surface area contributed by atoms with Crippen LogP contribution in [0.25, 0.3) is 0 Å². The molecule has 0 amide bonds. The van der Waals surface area contributed by atoms with Crippen molar-refractivity contribution in [2.24, 2.45) is 0 Å². The van der Waals surface area contributed by atoms with E-state index in [1.807, 2.05) is 6.20 Å². The van der Waals surface area contributed by atoms with Crippen LogP contribution in [0.1, 0.15) is 27.7 Å². The molecule has 0 radical (unpaired) electrons. The van der Waals surface area contributed by atoms with Gasteiger partial charge in [0.25, 0.3) is 0 Å². The maximum Gasteiger partial charge on any atom is 0.0676 e. The molecule has 1 aromatic heterocycles. The predicted molar refractivity (Wildman–Crippen MR) is 70.4 cm³/mol. The summed E-state index contributed by atoms with van der Waals surface area (Å²) >= 11 is 0. The van der Waals surface area contributed by atoms with Gasteiger partial charge in [-0.25, -0.2) is 0 Å². The van der Waals surface area contributed by atoms with Gasteiger partial charge in [-0.3, -0.25) is 4.98 Å². The van der Waals surface area contributed by atoms with Crippen molar-refractivity contribution in [3.05, 3.63) is 18.3 Å². The summed E-state index contributed by atoms with van der Waals surface area (Å²) in [6, 6.07) is 4.29. The van der Waals surface area contributed by atoms with Crippen molar-refractivity contribution >= 4 is 27.9 Å². The van der Waals surface area contributed by atoms with E-state index in [1.165, 1.54) is 10.7 Å². The van der Waals surface area contributed by atoms with Crippen LogP contribution in [-0.2, 0) is 0 Å². The highest BCUT2D eigenvalue weighted by molar-refractivity contribution is 7.54. The summed E-state index contributed by atoms with van der Waals surface area (Å²) in [5.41, 5.74) is 2.80. The molecule has 0 aromatic carbocycles. The molecule has 0 bridgehead atoms.